The van der Waals surface area contributed by atoms with Crippen molar-refractivity contribution >= 4 is 58.8 Å². The van der Waals surface area contributed by atoms with Gasteiger partial charge < -0.3 is 37.2 Å². The van der Waals surface area contributed by atoms with Crippen molar-refractivity contribution in [1.29, 1.82) is 0 Å². The van der Waals surface area contributed by atoms with Gasteiger partial charge in [0, 0.05) is 22.9 Å². The summed E-state index contributed by atoms with van der Waals surface area (Å²) < 4.78 is 0. The van der Waals surface area contributed by atoms with Crippen LogP contribution >= 0.6 is 23.4 Å². The minimum absolute atomic E-state index is 0.0173. The number of aliphatic carboxylic acids is 2. The number of thioether (sulfide) groups is 1. The summed E-state index contributed by atoms with van der Waals surface area (Å²) in [7, 11) is 0. The van der Waals surface area contributed by atoms with Gasteiger partial charge in [-0.1, -0.05) is 11.6 Å². The highest BCUT2D eigenvalue weighted by Crippen LogP contribution is 2.13. The van der Waals surface area contributed by atoms with E-state index in [9.17, 15) is 24.0 Å². The van der Waals surface area contributed by atoms with E-state index in [4.69, 9.17) is 27.5 Å². The van der Waals surface area contributed by atoms with Crippen LogP contribution in [0.4, 0.5) is 10.5 Å². The lowest BCUT2D eigenvalue weighted by Crippen LogP contribution is -2.49. The zero-order chi connectivity index (χ0) is 24.1. The minimum atomic E-state index is -1.26. The number of carboxylic acids is 2. The molecule has 2 atom stereocenters. The zero-order valence-electron chi connectivity index (χ0n) is 16.8. The van der Waals surface area contributed by atoms with Crippen LogP contribution < -0.4 is 27.0 Å². The molecular weight excluding hydrogens is 466 g/mol. The third-order valence-electron chi connectivity index (χ3n) is 3.79. The molecule has 1 rings (SSSR count). The summed E-state index contributed by atoms with van der Waals surface area (Å²) in [6, 6.07) is 3.62. The number of nitrogens with two attached hydrogens (primary N) is 1. The van der Waals surface area contributed by atoms with Crippen LogP contribution in [0.15, 0.2) is 24.3 Å². The highest BCUT2D eigenvalue weighted by atomic mass is 35.5. The largest absolute Gasteiger partial charge is 0.480 e. The van der Waals surface area contributed by atoms with Gasteiger partial charge in [0.1, 0.15) is 18.6 Å². The molecule has 0 aromatic heterocycles. The van der Waals surface area contributed by atoms with Crippen molar-refractivity contribution in [3.05, 3.63) is 29.3 Å². The average molecular weight is 490 g/mol. The minimum Gasteiger partial charge on any atom is -0.480 e. The van der Waals surface area contributed by atoms with E-state index >= 15 is 0 Å². The Morgan fingerprint density at radius 3 is 2.31 bits per heavy atom. The maximum Gasteiger partial charge on any atom is 0.322 e. The standard InChI is InChI=1S/C18H24ClN5O7S/c19-10-1-3-11(4-2-10)23-18(31)22-9-32-8-13(16(28)21-7-15(26)27)24-14(25)6-5-12(20)17(29)30/h1-4,12-13H,5-9,20H2,(H,21,28)(H,24,25)(H,26,27)(H,29,30)(H2,22,23,31)/t12-,13+/m1/s1. The normalized spacial score (nSPS) is 12.2. The third kappa shape index (κ3) is 11.4. The molecule has 4 amide bonds. The first-order chi connectivity index (χ1) is 15.1. The molecule has 12 nitrogen and oxygen atoms in total. The SMILES string of the molecule is N[C@H](CCC(=O)N[C@@H](CSCNC(=O)Nc1ccc(Cl)cc1)C(=O)NCC(=O)O)C(=O)O. The summed E-state index contributed by atoms with van der Waals surface area (Å²) in [5.41, 5.74) is 5.87. The summed E-state index contributed by atoms with van der Waals surface area (Å²) in [6.07, 6.45) is -0.368. The van der Waals surface area contributed by atoms with E-state index < -0.39 is 48.4 Å². The average Bonchev–Trinajstić information content (AvgIpc) is 2.73. The molecule has 14 heteroatoms. The molecule has 0 bridgehead atoms. The number of carboxylic acid groups (broad SMARTS) is 2. The van der Waals surface area contributed by atoms with Crippen molar-refractivity contribution in [2.24, 2.45) is 5.73 Å². The lowest BCUT2D eigenvalue weighted by Gasteiger charge is -2.18. The Balaban J connectivity index is 2.51. The van der Waals surface area contributed by atoms with E-state index in [1.807, 2.05) is 0 Å². The number of hydrogen-bond acceptors (Lipinski definition) is 7. The smallest absolute Gasteiger partial charge is 0.322 e. The number of benzene rings is 1. The van der Waals surface area contributed by atoms with Crippen molar-refractivity contribution < 1.29 is 34.2 Å². The number of rotatable bonds is 13. The van der Waals surface area contributed by atoms with Gasteiger partial charge in [-0.25, -0.2) is 4.79 Å². The summed E-state index contributed by atoms with van der Waals surface area (Å²) in [5, 5.41) is 27.7. The second kappa shape index (κ2) is 14.1. The van der Waals surface area contributed by atoms with Crippen LogP contribution in [0.3, 0.4) is 0 Å². The second-order valence-corrected chi connectivity index (χ2v) is 7.83. The van der Waals surface area contributed by atoms with E-state index in [0.29, 0.717) is 10.7 Å². The lowest BCUT2D eigenvalue weighted by atomic mass is 10.1. The molecule has 0 aliphatic carbocycles. The highest BCUT2D eigenvalue weighted by Gasteiger charge is 2.22. The fourth-order valence-electron chi connectivity index (χ4n) is 2.15. The first kappa shape index (κ1) is 27.0. The molecule has 0 radical (unpaired) electrons. The molecule has 32 heavy (non-hydrogen) atoms. The number of anilines is 1. The van der Waals surface area contributed by atoms with Gasteiger partial charge in [-0.05, 0) is 30.7 Å². The number of urea groups is 1. The fraction of sp³-hybridized carbons (Fsp3) is 0.389. The lowest BCUT2D eigenvalue weighted by molar-refractivity contribution is -0.139. The Kier molecular flexibility index (Phi) is 11.9. The predicted molar refractivity (Wildman–Crippen MR) is 118 cm³/mol. The molecular formula is C18H24ClN5O7S. The van der Waals surface area contributed by atoms with E-state index in [2.05, 4.69) is 21.3 Å². The van der Waals surface area contributed by atoms with Crippen LogP contribution in [0.1, 0.15) is 12.8 Å². The summed E-state index contributed by atoms with van der Waals surface area (Å²) in [5.74, 6) is -3.77. The van der Waals surface area contributed by atoms with E-state index in [0.717, 1.165) is 11.8 Å². The highest BCUT2D eigenvalue weighted by molar-refractivity contribution is 7.99. The zero-order valence-corrected chi connectivity index (χ0v) is 18.4. The van der Waals surface area contributed by atoms with Gasteiger partial charge in [-0.15, -0.1) is 11.8 Å². The van der Waals surface area contributed by atoms with Crippen LogP contribution in [-0.2, 0) is 19.2 Å². The second-order valence-electron chi connectivity index (χ2n) is 6.37. The van der Waals surface area contributed by atoms with Crippen molar-refractivity contribution in [3.8, 4) is 0 Å². The van der Waals surface area contributed by atoms with Gasteiger partial charge in [0.15, 0.2) is 0 Å². The van der Waals surface area contributed by atoms with Gasteiger partial charge in [0.25, 0.3) is 0 Å². The molecule has 0 aliphatic rings. The third-order valence-corrected chi connectivity index (χ3v) is 4.96. The van der Waals surface area contributed by atoms with Gasteiger partial charge in [0.2, 0.25) is 11.8 Å². The van der Waals surface area contributed by atoms with Crippen LogP contribution in [0.5, 0.6) is 0 Å². The fourth-order valence-corrected chi connectivity index (χ4v) is 3.09. The number of amides is 4. The maximum absolute atomic E-state index is 12.2. The first-order valence-corrected chi connectivity index (χ1v) is 10.8. The van der Waals surface area contributed by atoms with Gasteiger partial charge in [0.05, 0.1) is 5.88 Å². The Morgan fingerprint density at radius 1 is 1.06 bits per heavy atom. The summed E-state index contributed by atoms with van der Waals surface area (Å²) in [4.78, 5) is 57.5. The molecule has 1 aromatic rings. The van der Waals surface area contributed by atoms with Crippen molar-refractivity contribution in [1.82, 2.24) is 16.0 Å². The quantitative estimate of drug-likeness (QED) is 0.147. The number of carbonyl (C=O) groups excluding carboxylic acids is 3. The molecule has 0 saturated carbocycles. The molecule has 0 unspecified atom stereocenters. The molecule has 0 fully saturated rings. The Morgan fingerprint density at radius 2 is 1.72 bits per heavy atom. The molecule has 0 saturated heterocycles. The van der Waals surface area contributed by atoms with Gasteiger partial charge in [-0.3, -0.25) is 19.2 Å². The molecule has 8 N–H and O–H groups in total. The van der Waals surface area contributed by atoms with Gasteiger partial charge >= 0.3 is 18.0 Å². The Labute approximate surface area is 192 Å². The van der Waals surface area contributed by atoms with Gasteiger partial charge in [-0.2, -0.15) is 0 Å². The van der Waals surface area contributed by atoms with Crippen LogP contribution in [-0.4, -0.2) is 70.3 Å². The number of halogens is 1. The molecule has 1 aromatic carbocycles. The van der Waals surface area contributed by atoms with Crippen molar-refractivity contribution in [2.45, 2.75) is 24.9 Å². The molecule has 0 aliphatic heterocycles. The van der Waals surface area contributed by atoms with Crippen LogP contribution in [0.25, 0.3) is 0 Å². The summed E-state index contributed by atoms with van der Waals surface area (Å²) >= 11 is 6.87. The van der Waals surface area contributed by atoms with E-state index in [1.54, 1.807) is 24.3 Å². The Bertz CT molecular complexity index is 824. The maximum atomic E-state index is 12.2. The summed E-state index contributed by atoms with van der Waals surface area (Å²) in [6.45, 7) is -0.637. The van der Waals surface area contributed by atoms with E-state index in [-0.39, 0.29) is 24.5 Å². The van der Waals surface area contributed by atoms with E-state index in [1.165, 1.54) is 0 Å². The van der Waals surface area contributed by atoms with Crippen LogP contribution in [0, 0.1) is 0 Å². The molecule has 0 heterocycles. The predicted octanol–water partition coefficient (Wildman–Crippen LogP) is 0.0299. The molecule has 176 valence electrons. The topological polar surface area (TPSA) is 200 Å². The molecule has 0 spiro atoms. The number of hydrogen-bond donors (Lipinski definition) is 7. The first-order valence-electron chi connectivity index (χ1n) is 9.24. The Hall–Kier alpha value is -3.03. The van der Waals surface area contributed by atoms with Crippen molar-refractivity contribution in [3.63, 3.8) is 0 Å². The number of nitrogens with one attached hydrogen (secondary N) is 4. The van der Waals surface area contributed by atoms with Crippen molar-refractivity contribution in [2.75, 3.05) is 23.5 Å². The number of carbonyl (C=O) groups is 5. The monoisotopic (exact) mass is 489 g/mol. The van der Waals surface area contributed by atoms with Crippen LogP contribution in [0.2, 0.25) is 5.02 Å².